The zero-order chi connectivity index (χ0) is 13.8. The fourth-order valence-electron chi connectivity index (χ4n) is 1.46. The molecule has 0 aliphatic carbocycles. The normalized spacial score (nSPS) is 18.1. The number of nitrogens with zero attached hydrogens (tertiary/aromatic N) is 3. The molecule has 0 bridgehead atoms. The van der Waals surface area contributed by atoms with Gasteiger partial charge in [-0.05, 0) is 0 Å². The van der Waals surface area contributed by atoms with Crippen molar-refractivity contribution in [2.75, 3.05) is 5.75 Å². The molecule has 1 unspecified atom stereocenters. The summed E-state index contributed by atoms with van der Waals surface area (Å²) >= 11 is 1.06. The lowest BCUT2D eigenvalue weighted by Gasteiger charge is -2.08. The molecule has 1 aromatic rings. The van der Waals surface area contributed by atoms with E-state index in [0.29, 0.717) is 11.4 Å². The Morgan fingerprint density at radius 2 is 2.42 bits per heavy atom. The highest BCUT2D eigenvalue weighted by molar-refractivity contribution is 8.14. The van der Waals surface area contributed by atoms with Gasteiger partial charge < -0.3 is 15.7 Å². The Bertz CT molecular complexity index is 516. The number of carbonyl (C=O) groups excluding carboxylic acids is 2. The van der Waals surface area contributed by atoms with E-state index in [-0.39, 0.29) is 24.2 Å². The molecule has 2 amide bonds. The van der Waals surface area contributed by atoms with Crippen molar-refractivity contribution >= 4 is 28.9 Å². The predicted octanol–water partition coefficient (Wildman–Crippen LogP) is -1.20. The summed E-state index contributed by atoms with van der Waals surface area (Å²) in [5, 5.41) is 20.8. The van der Waals surface area contributed by atoms with Crippen molar-refractivity contribution < 1.29 is 19.5 Å². The highest BCUT2D eigenvalue weighted by atomic mass is 32.2. The van der Waals surface area contributed by atoms with Crippen molar-refractivity contribution in [2.24, 2.45) is 0 Å². The molecule has 1 aliphatic heterocycles. The molecule has 19 heavy (non-hydrogen) atoms. The number of nitrogens with one attached hydrogen (secondary N) is 2. The summed E-state index contributed by atoms with van der Waals surface area (Å²) in [6.07, 6.45) is 1.44. The third-order valence-corrected chi connectivity index (χ3v) is 3.20. The van der Waals surface area contributed by atoms with E-state index in [1.807, 2.05) is 0 Å². The molecule has 10 heteroatoms. The first-order valence-electron chi connectivity index (χ1n) is 5.36. The van der Waals surface area contributed by atoms with Gasteiger partial charge in [0, 0.05) is 5.75 Å². The quantitative estimate of drug-likeness (QED) is 0.620. The molecule has 102 valence electrons. The van der Waals surface area contributed by atoms with E-state index in [2.05, 4.69) is 20.9 Å². The van der Waals surface area contributed by atoms with Crippen LogP contribution in [0.3, 0.4) is 0 Å². The Morgan fingerprint density at radius 1 is 1.63 bits per heavy atom. The van der Waals surface area contributed by atoms with E-state index in [1.54, 1.807) is 0 Å². The molecule has 0 aromatic carbocycles. The van der Waals surface area contributed by atoms with E-state index >= 15 is 0 Å². The molecule has 1 saturated heterocycles. The van der Waals surface area contributed by atoms with Crippen molar-refractivity contribution in [1.29, 1.82) is 0 Å². The van der Waals surface area contributed by atoms with Crippen LogP contribution in [0.25, 0.3) is 0 Å². The number of carboxylic acid groups (broad SMARTS) is 1. The predicted molar refractivity (Wildman–Crippen MR) is 64.3 cm³/mol. The number of rotatable bonds is 5. The molecule has 0 saturated carbocycles. The molecule has 2 heterocycles. The van der Waals surface area contributed by atoms with E-state index in [1.165, 1.54) is 6.20 Å². The first kappa shape index (κ1) is 13.3. The molecular formula is C9H11N5O4S. The second kappa shape index (κ2) is 5.69. The monoisotopic (exact) mass is 285 g/mol. The van der Waals surface area contributed by atoms with E-state index in [0.717, 1.165) is 16.4 Å². The Labute approximate surface area is 111 Å². The minimum atomic E-state index is -1.02. The van der Waals surface area contributed by atoms with Gasteiger partial charge >= 0.3 is 5.97 Å². The van der Waals surface area contributed by atoms with Crippen molar-refractivity contribution in [3.63, 3.8) is 0 Å². The molecule has 1 aliphatic rings. The largest absolute Gasteiger partial charge is 0.480 e. The maximum atomic E-state index is 11.7. The lowest BCUT2D eigenvalue weighted by atomic mass is 10.3. The average molecular weight is 285 g/mol. The van der Waals surface area contributed by atoms with Crippen LogP contribution in [-0.4, -0.2) is 49.0 Å². The number of carbonyl (C=O) groups is 3. The van der Waals surface area contributed by atoms with Crippen LogP contribution in [-0.2, 0) is 22.7 Å². The summed E-state index contributed by atoms with van der Waals surface area (Å²) < 4.78 is 1.16. The summed E-state index contributed by atoms with van der Waals surface area (Å²) in [6.45, 7) is -0.147. The average Bonchev–Trinajstić information content (AvgIpc) is 2.94. The molecule has 9 nitrogen and oxygen atoms in total. The summed E-state index contributed by atoms with van der Waals surface area (Å²) in [5.41, 5.74) is 0.451. The Kier molecular flexibility index (Phi) is 4.00. The first-order chi connectivity index (χ1) is 9.04. The third kappa shape index (κ3) is 3.68. The van der Waals surface area contributed by atoms with Gasteiger partial charge in [-0.1, -0.05) is 17.0 Å². The van der Waals surface area contributed by atoms with Gasteiger partial charge in [-0.3, -0.25) is 14.4 Å². The lowest BCUT2D eigenvalue weighted by molar-refractivity contribution is -0.138. The molecular weight excluding hydrogens is 274 g/mol. The van der Waals surface area contributed by atoms with Crippen molar-refractivity contribution in [3.05, 3.63) is 11.9 Å². The van der Waals surface area contributed by atoms with Gasteiger partial charge in [-0.2, -0.15) is 0 Å². The van der Waals surface area contributed by atoms with Crippen molar-refractivity contribution in [3.8, 4) is 0 Å². The van der Waals surface area contributed by atoms with Crippen LogP contribution in [0.5, 0.6) is 0 Å². The SMILES string of the molecule is O=C(O)Cn1cc(CNC(=O)C2CSC(=O)N2)nn1. The fraction of sp³-hybridized carbons (Fsp3) is 0.444. The minimum absolute atomic E-state index is 0.134. The van der Waals surface area contributed by atoms with Crippen LogP contribution < -0.4 is 10.6 Å². The number of carboxylic acids is 1. The minimum Gasteiger partial charge on any atom is -0.480 e. The summed E-state index contributed by atoms with van der Waals surface area (Å²) in [7, 11) is 0. The van der Waals surface area contributed by atoms with Gasteiger partial charge in [0.05, 0.1) is 12.7 Å². The van der Waals surface area contributed by atoms with Gasteiger partial charge in [-0.15, -0.1) is 5.10 Å². The number of hydrogen-bond donors (Lipinski definition) is 3. The molecule has 3 N–H and O–H groups in total. The van der Waals surface area contributed by atoms with Gasteiger partial charge in [-0.25, -0.2) is 4.68 Å². The molecule has 1 aromatic heterocycles. The zero-order valence-corrected chi connectivity index (χ0v) is 10.5. The maximum absolute atomic E-state index is 11.7. The second-order valence-electron chi connectivity index (χ2n) is 3.81. The molecule has 0 spiro atoms. The molecule has 1 atom stereocenters. The zero-order valence-electron chi connectivity index (χ0n) is 9.70. The van der Waals surface area contributed by atoms with Crippen molar-refractivity contribution in [1.82, 2.24) is 25.6 Å². The van der Waals surface area contributed by atoms with Crippen LogP contribution in [0.2, 0.25) is 0 Å². The molecule has 0 radical (unpaired) electrons. The summed E-state index contributed by atoms with van der Waals surface area (Å²) in [5.74, 6) is -0.923. The smallest absolute Gasteiger partial charge is 0.325 e. The van der Waals surface area contributed by atoms with E-state index < -0.39 is 12.0 Å². The van der Waals surface area contributed by atoms with Crippen LogP contribution >= 0.6 is 11.8 Å². The number of amides is 2. The van der Waals surface area contributed by atoms with E-state index in [4.69, 9.17) is 5.11 Å². The highest BCUT2D eigenvalue weighted by Gasteiger charge is 2.27. The van der Waals surface area contributed by atoms with Crippen LogP contribution in [0.4, 0.5) is 4.79 Å². The topological polar surface area (TPSA) is 126 Å². The van der Waals surface area contributed by atoms with Crippen molar-refractivity contribution in [2.45, 2.75) is 19.1 Å². The van der Waals surface area contributed by atoms with Crippen LogP contribution in [0.15, 0.2) is 6.20 Å². The Balaban J connectivity index is 1.81. The number of hydrogen-bond acceptors (Lipinski definition) is 6. The maximum Gasteiger partial charge on any atom is 0.325 e. The Morgan fingerprint density at radius 3 is 3.05 bits per heavy atom. The van der Waals surface area contributed by atoms with Gasteiger partial charge in [0.1, 0.15) is 18.3 Å². The third-order valence-electron chi connectivity index (χ3n) is 2.32. The van der Waals surface area contributed by atoms with Gasteiger partial charge in [0.25, 0.3) is 5.24 Å². The molecule has 1 fully saturated rings. The Hall–Kier alpha value is -2.10. The molecule has 2 rings (SSSR count). The van der Waals surface area contributed by atoms with Gasteiger partial charge in [0.15, 0.2) is 0 Å². The highest BCUT2D eigenvalue weighted by Crippen LogP contribution is 2.12. The number of thioether (sulfide) groups is 1. The van der Waals surface area contributed by atoms with Gasteiger partial charge in [0.2, 0.25) is 5.91 Å². The lowest BCUT2D eigenvalue weighted by Crippen LogP contribution is -2.42. The van der Waals surface area contributed by atoms with Crippen LogP contribution in [0, 0.1) is 0 Å². The summed E-state index contributed by atoms with van der Waals surface area (Å²) in [4.78, 5) is 33.0. The standard InChI is InChI=1S/C9H11N5O4S/c15-7(16)3-14-2-5(12-13-14)1-10-8(17)6-4-19-9(18)11-6/h2,6H,1,3-4H2,(H,10,17)(H,11,18)(H,15,16). The summed E-state index contributed by atoms with van der Waals surface area (Å²) in [6, 6.07) is -0.536. The van der Waals surface area contributed by atoms with Crippen LogP contribution in [0.1, 0.15) is 5.69 Å². The first-order valence-corrected chi connectivity index (χ1v) is 6.35. The number of aromatic nitrogens is 3. The van der Waals surface area contributed by atoms with E-state index in [9.17, 15) is 14.4 Å². The fourth-order valence-corrected chi connectivity index (χ4v) is 2.24. The second-order valence-corrected chi connectivity index (χ2v) is 4.81. The number of aliphatic carboxylic acids is 1.